The molecule has 0 aliphatic rings. The summed E-state index contributed by atoms with van der Waals surface area (Å²) in [5, 5.41) is 17.3. The third kappa shape index (κ3) is 5.11. The fourth-order valence-corrected chi connectivity index (χ4v) is 1.18. The second kappa shape index (κ2) is 7.08. The number of hydrogen-bond acceptors (Lipinski definition) is 3. The van der Waals surface area contributed by atoms with Crippen molar-refractivity contribution < 1.29 is 5.11 Å². The third-order valence-electron chi connectivity index (χ3n) is 1.71. The molecule has 0 radical (unpaired) electrons. The highest BCUT2D eigenvalue weighted by Gasteiger charge is 2.07. The molecule has 1 N–H and O–H groups in total. The highest BCUT2D eigenvalue weighted by Crippen LogP contribution is 1.98. The van der Waals surface area contributed by atoms with Crippen LogP contribution in [0.25, 0.3) is 0 Å². The van der Waals surface area contributed by atoms with Crippen LogP contribution in [-0.4, -0.2) is 36.2 Å². The smallest absolute Gasteiger partial charge is 0.0666 e. The number of nitriles is 1. The van der Waals surface area contributed by atoms with E-state index in [-0.39, 0.29) is 12.5 Å². The summed E-state index contributed by atoms with van der Waals surface area (Å²) in [4.78, 5) is 2.12. The summed E-state index contributed by atoms with van der Waals surface area (Å²) in [6.45, 7) is 6.59. The van der Waals surface area contributed by atoms with Gasteiger partial charge in [0, 0.05) is 13.1 Å². The minimum Gasteiger partial charge on any atom is -0.395 e. The first kappa shape index (κ1) is 11.4. The van der Waals surface area contributed by atoms with Crippen LogP contribution in [0.3, 0.4) is 0 Å². The second-order valence-electron chi connectivity index (χ2n) is 3.05. The lowest BCUT2D eigenvalue weighted by Gasteiger charge is -2.21. The summed E-state index contributed by atoms with van der Waals surface area (Å²) in [6.07, 6.45) is 1.07. The summed E-state index contributed by atoms with van der Waals surface area (Å²) in [6, 6.07) is 2.19. The molecule has 0 bridgehead atoms. The summed E-state index contributed by atoms with van der Waals surface area (Å²) in [7, 11) is 0. The van der Waals surface area contributed by atoms with Gasteiger partial charge in [-0.3, -0.25) is 4.90 Å². The molecule has 3 nitrogen and oxygen atoms in total. The van der Waals surface area contributed by atoms with Gasteiger partial charge in [-0.25, -0.2) is 0 Å². The van der Waals surface area contributed by atoms with Gasteiger partial charge >= 0.3 is 0 Å². The van der Waals surface area contributed by atoms with Gasteiger partial charge in [0.2, 0.25) is 0 Å². The number of rotatable bonds is 6. The van der Waals surface area contributed by atoms with E-state index in [0.717, 1.165) is 19.5 Å². The molecule has 70 valence electrons. The molecule has 0 aliphatic heterocycles. The topological polar surface area (TPSA) is 47.3 Å². The quantitative estimate of drug-likeness (QED) is 0.643. The zero-order valence-electron chi connectivity index (χ0n) is 7.95. The first-order chi connectivity index (χ1) is 5.74. The zero-order chi connectivity index (χ0) is 9.40. The molecule has 0 aromatic carbocycles. The van der Waals surface area contributed by atoms with E-state index in [1.807, 2.05) is 6.92 Å². The fourth-order valence-electron chi connectivity index (χ4n) is 1.18. The van der Waals surface area contributed by atoms with Crippen LogP contribution in [0.15, 0.2) is 0 Å². The molecule has 0 rings (SSSR count). The third-order valence-corrected chi connectivity index (χ3v) is 1.71. The van der Waals surface area contributed by atoms with Crippen molar-refractivity contribution >= 4 is 0 Å². The first-order valence-corrected chi connectivity index (χ1v) is 4.47. The molecule has 0 fully saturated rings. The van der Waals surface area contributed by atoms with Crippen molar-refractivity contribution in [2.75, 3.05) is 26.2 Å². The molecule has 0 spiro atoms. The van der Waals surface area contributed by atoms with Crippen molar-refractivity contribution in [1.82, 2.24) is 4.90 Å². The molecule has 0 aromatic rings. The predicted molar refractivity (Wildman–Crippen MR) is 48.6 cm³/mol. The van der Waals surface area contributed by atoms with E-state index in [2.05, 4.69) is 17.9 Å². The van der Waals surface area contributed by atoms with E-state index in [1.165, 1.54) is 0 Å². The van der Waals surface area contributed by atoms with Crippen molar-refractivity contribution in [3.05, 3.63) is 0 Å². The van der Waals surface area contributed by atoms with E-state index in [0.29, 0.717) is 6.54 Å². The van der Waals surface area contributed by atoms with Crippen LogP contribution in [0.2, 0.25) is 0 Å². The van der Waals surface area contributed by atoms with E-state index >= 15 is 0 Å². The molecule has 1 unspecified atom stereocenters. The standard InChI is InChI=1S/C9H18N2O/c1-3-4-11(5-6-12)8-9(2)7-10/h9,12H,3-6,8H2,1-2H3. The lowest BCUT2D eigenvalue weighted by Crippen LogP contribution is -2.31. The summed E-state index contributed by atoms with van der Waals surface area (Å²) in [5.74, 6) is 0.0584. The van der Waals surface area contributed by atoms with Crippen LogP contribution in [0.1, 0.15) is 20.3 Å². The molecule has 0 saturated carbocycles. The predicted octanol–water partition coefficient (Wildman–Crippen LogP) is 0.850. The van der Waals surface area contributed by atoms with Gasteiger partial charge in [-0.15, -0.1) is 0 Å². The van der Waals surface area contributed by atoms with Gasteiger partial charge in [-0.2, -0.15) is 5.26 Å². The Morgan fingerprint density at radius 1 is 1.50 bits per heavy atom. The number of hydrogen-bond donors (Lipinski definition) is 1. The van der Waals surface area contributed by atoms with Crippen LogP contribution >= 0.6 is 0 Å². The Balaban J connectivity index is 3.70. The highest BCUT2D eigenvalue weighted by molar-refractivity contribution is 4.81. The molecule has 0 aromatic heterocycles. The average Bonchev–Trinajstić information content (AvgIpc) is 2.05. The Bertz CT molecular complexity index is 136. The maximum Gasteiger partial charge on any atom is 0.0666 e. The van der Waals surface area contributed by atoms with Gasteiger partial charge in [0.15, 0.2) is 0 Å². The molecule has 1 atom stereocenters. The molecule has 0 heterocycles. The molecule has 0 saturated heterocycles. The minimum absolute atomic E-state index is 0.0584. The van der Waals surface area contributed by atoms with Gasteiger partial charge in [-0.05, 0) is 19.9 Å². The van der Waals surface area contributed by atoms with Crippen LogP contribution in [0.5, 0.6) is 0 Å². The molecule has 3 heteroatoms. The normalized spacial score (nSPS) is 12.9. The van der Waals surface area contributed by atoms with Crippen molar-refractivity contribution in [2.45, 2.75) is 20.3 Å². The lowest BCUT2D eigenvalue weighted by atomic mass is 10.2. The van der Waals surface area contributed by atoms with Crippen molar-refractivity contribution in [1.29, 1.82) is 5.26 Å². The van der Waals surface area contributed by atoms with Crippen molar-refractivity contribution in [3.63, 3.8) is 0 Å². The molecule has 0 amide bonds. The Labute approximate surface area is 74.6 Å². The van der Waals surface area contributed by atoms with Crippen LogP contribution in [0.4, 0.5) is 0 Å². The van der Waals surface area contributed by atoms with E-state index < -0.39 is 0 Å². The summed E-state index contributed by atoms with van der Waals surface area (Å²) >= 11 is 0. The summed E-state index contributed by atoms with van der Waals surface area (Å²) in [5.41, 5.74) is 0. The molecule has 0 aliphatic carbocycles. The van der Waals surface area contributed by atoms with E-state index in [1.54, 1.807) is 0 Å². The summed E-state index contributed by atoms with van der Waals surface area (Å²) < 4.78 is 0. The first-order valence-electron chi connectivity index (χ1n) is 4.47. The SMILES string of the molecule is CCCN(CCO)CC(C)C#N. The molecular weight excluding hydrogens is 152 g/mol. The Kier molecular flexibility index (Phi) is 6.73. The monoisotopic (exact) mass is 170 g/mol. The maximum atomic E-state index is 8.72. The van der Waals surface area contributed by atoms with E-state index in [9.17, 15) is 0 Å². The largest absolute Gasteiger partial charge is 0.395 e. The molecule has 12 heavy (non-hydrogen) atoms. The Morgan fingerprint density at radius 2 is 2.17 bits per heavy atom. The van der Waals surface area contributed by atoms with Crippen molar-refractivity contribution in [2.24, 2.45) is 5.92 Å². The highest BCUT2D eigenvalue weighted by atomic mass is 16.3. The fraction of sp³-hybridized carbons (Fsp3) is 0.889. The van der Waals surface area contributed by atoms with Crippen molar-refractivity contribution in [3.8, 4) is 6.07 Å². The van der Waals surface area contributed by atoms with Crippen LogP contribution < -0.4 is 0 Å². The van der Waals surface area contributed by atoms with Gasteiger partial charge < -0.3 is 5.11 Å². The zero-order valence-corrected chi connectivity index (χ0v) is 7.95. The van der Waals surface area contributed by atoms with E-state index in [4.69, 9.17) is 10.4 Å². The lowest BCUT2D eigenvalue weighted by molar-refractivity contribution is 0.187. The maximum absolute atomic E-state index is 8.72. The van der Waals surface area contributed by atoms with Crippen LogP contribution in [0, 0.1) is 17.2 Å². The number of aliphatic hydroxyl groups excluding tert-OH is 1. The molecular formula is C9H18N2O. The van der Waals surface area contributed by atoms with Gasteiger partial charge in [-0.1, -0.05) is 6.92 Å². The Morgan fingerprint density at radius 3 is 2.58 bits per heavy atom. The van der Waals surface area contributed by atoms with Crippen LogP contribution in [-0.2, 0) is 0 Å². The Hall–Kier alpha value is -0.590. The minimum atomic E-state index is 0.0584. The van der Waals surface area contributed by atoms with Gasteiger partial charge in [0.1, 0.15) is 0 Å². The van der Waals surface area contributed by atoms with Gasteiger partial charge in [0.25, 0.3) is 0 Å². The second-order valence-corrected chi connectivity index (χ2v) is 3.05. The number of aliphatic hydroxyl groups is 1. The number of nitrogens with zero attached hydrogens (tertiary/aromatic N) is 2. The average molecular weight is 170 g/mol. The van der Waals surface area contributed by atoms with Gasteiger partial charge in [0.05, 0.1) is 18.6 Å².